The van der Waals surface area contributed by atoms with Gasteiger partial charge in [0.25, 0.3) is 11.8 Å². The van der Waals surface area contributed by atoms with Crippen LogP contribution < -0.4 is 11.1 Å². The Balaban J connectivity index is 1.09. The third-order valence-electron chi connectivity index (χ3n) is 10.5. The van der Waals surface area contributed by atoms with Gasteiger partial charge in [-0.3, -0.25) is 14.5 Å². The number of nitrogens with one attached hydrogen (secondary N) is 1. The number of aromatic nitrogens is 1. The first-order chi connectivity index (χ1) is 31.1. The largest absolute Gasteiger partial charge is 0.504 e. The van der Waals surface area contributed by atoms with Crippen LogP contribution in [0.5, 0.6) is 11.5 Å². The molecule has 0 saturated carbocycles. The van der Waals surface area contributed by atoms with E-state index in [2.05, 4.69) is 38.0 Å². The van der Waals surface area contributed by atoms with Crippen LogP contribution in [0, 0.1) is 0 Å². The van der Waals surface area contributed by atoms with Gasteiger partial charge in [0.15, 0.2) is 28.4 Å². The summed E-state index contributed by atoms with van der Waals surface area (Å²) in [6.45, 7) is -0.518. The number of benzene rings is 5. The molecule has 6 aromatic rings. The van der Waals surface area contributed by atoms with Crippen molar-refractivity contribution in [1.82, 2.24) is 15.2 Å². The molecule has 0 spiro atoms. The van der Waals surface area contributed by atoms with Gasteiger partial charge in [-0.05, 0) is 27.8 Å². The van der Waals surface area contributed by atoms with E-state index in [4.69, 9.17) is 20.0 Å². The number of rotatable bonds is 14. The molecule has 1 saturated heterocycles. The highest BCUT2D eigenvalue weighted by atomic mass is 127. The maximum Gasteiger partial charge on any atom is 0.356 e. The summed E-state index contributed by atoms with van der Waals surface area (Å²) in [7, 11) is 1.13. The molecular formula is C47H38IN5O9S2. The van der Waals surface area contributed by atoms with E-state index < -0.39 is 59.4 Å². The number of thiazole rings is 1. The number of aromatic hydroxyl groups is 2. The lowest BCUT2D eigenvalue weighted by Crippen LogP contribution is -2.71. The van der Waals surface area contributed by atoms with E-state index in [0.717, 1.165) is 35.1 Å². The van der Waals surface area contributed by atoms with E-state index in [1.807, 2.05) is 60.7 Å². The first-order valence-corrected chi connectivity index (χ1v) is 23.1. The second-order valence-corrected chi connectivity index (χ2v) is 17.1. The highest BCUT2D eigenvalue weighted by molar-refractivity contribution is 14.1. The van der Waals surface area contributed by atoms with Crippen LogP contribution >= 0.6 is 45.7 Å². The number of anilines is 1. The lowest BCUT2D eigenvalue weighted by atomic mass is 9.86. The quantitative estimate of drug-likeness (QED) is 0.0159. The van der Waals surface area contributed by atoms with Crippen molar-refractivity contribution in [2.75, 3.05) is 23.0 Å². The normalized spacial score (nSPS) is 15.9. The van der Waals surface area contributed by atoms with Crippen molar-refractivity contribution in [3.05, 3.63) is 166 Å². The van der Waals surface area contributed by atoms with Crippen LogP contribution in [0.25, 0.3) is 22.3 Å². The average Bonchev–Trinajstić information content (AvgIpc) is 3.77. The summed E-state index contributed by atoms with van der Waals surface area (Å²) in [6.07, 6.45) is -0.745. The number of fused-ring (bicyclic) bond motifs is 1. The molecule has 17 heteroatoms. The zero-order chi connectivity index (χ0) is 44.9. The summed E-state index contributed by atoms with van der Waals surface area (Å²) in [5.74, 6) is -3.89. The van der Waals surface area contributed by atoms with Gasteiger partial charge in [0.2, 0.25) is 0 Å². The Hall–Kier alpha value is -6.70. The van der Waals surface area contributed by atoms with Crippen LogP contribution in [0.4, 0.5) is 5.13 Å². The maximum atomic E-state index is 14.2. The van der Waals surface area contributed by atoms with Crippen LogP contribution in [0.1, 0.15) is 38.8 Å². The van der Waals surface area contributed by atoms with E-state index in [1.54, 1.807) is 60.7 Å². The first kappa shape index (κ1) is 43.9. The minimum absolute atomic E-state index is 0.0409. The minimum Gasteiger partial charge on any atom is -0.504 e. The number of oxime groups is 1. The molecule has 5 aromatic carbocycles. The summed E-state index contributed by atoms with van der Waals surface area (Å²) in [5.41, 5.74) is 9.40. The number of esters is 2. The molecule has 2 atom stereocenters. The average molecular weight is 1010 g/mol. The molecule has 1 aromatic heterocycles. The molecule has 3 heterocycles. The topological polar surface area (TPSA) is 203 Å². The predicted molar refractivity (Wildman–Crippen MR) is 252 cm³/mol. The summed E-state index contributed by atoms with van der Waals surface area (Å²) in [5, 5.41) is 30.7. The number of carbonyl (C=O) groups is 4. The van der Waals surface area contributed by atoms with Gasteiger partial charge in [0, 0.05) is 32.3 Å². The van der Waals surface area contributed by atoms with Crippen molar-refractivity contribution < 1.29 is 43.7 Å². The molecule has 324 valence electrons. The summed E-state index contributed by atoms with van der Waals surface area (Å²) >= 11 is 4.60. The van der Waals surface area contributed by atoms with Crippen molar-refractivity contribution in [1.29, 1.82) is 0 Å². The van der Waals surface area contributed by atoms with Crippen LogP contribution in [0.15, 0.2) is 143 Å². The highest BCUT2D eigenvalue weighted by Crippen LogP contribution is 2.49. The van der Waals surface area contributed by atoms with Crippen molar-refractivity contribution in [3.8, 4) is 33.8 Å². The number of ether oxygens (including phenoxy) is 2. The molecule has 64 heavy (non-hydrogen) atoms. The number of nitrogens with two attached hydrogens (primary N) is 1. The number of phenols is 2. The van der Waals surface area contributed by atoms with Crippen LogP contribution in [-0.4, -0.2) is 78.3 Å². The van der Waals surface area contributed by atoms with Crippen molar-refractivity contribution in [3.63, 3.8) is 0 Å². The molecule has 2 aliphatic rings. The zero-order valence-corrected chi connectivity index (χ0v) is 37.6. The number of carbonyl (C=O) groups excluding carboxylic acids is 4. The Bertz CT molecular complexity index is 2750. The highest BCUT2D eigenvalue weighted by Gasteiger charge is 2.55. The van der Waals surface area contributed by atoms with E-state index in [-0.39, 0.29) is 38.9 Å². The molecule has 0 radical (unpaired) electrons. The lowest BCUT2D eigenvalue weighted by Gasteiger charge is -2.49. The van der Waals surface area contributed by atoms with Gasteiger partial charge in [-0.2, -0.15) is 0 Å². The number of amides is 2. The fraction of sp³-hybridized carbons (Fsp3) is 0.149. The van der Waals surface area contributed by atoms with Gasteiger partial charge in [-0.25, -0.2) is 14.6 Å². The Labute approximate surface area is 388 Å². The van der Waals surface area contributed by atoms with Crippen LogP contribution in [0.2, 0.25) is 0 Å². The van der Waals surface area contributed by atoms with Crippen LogP contribution in [-0.2, 0) is 35.3 Å². The minimum atomic E-state index is -1.07. The van der Waals surface area contributed by atoms with Crippen molar-refractivity contribution >= 4 is 80.3 Å². The smallest absolute Gasteiger partial charge is 0.356 e. The summed E-state index contributed by atoms with van der Waals surface area (Å²) < 4.78 is 11.7. The van der Waals surface area contributed by atoms with Crippen molar-refractivity contribution in [2.24, 2.45) is 5.16 Å². The zero-order valence-electron chi connectivity index (χ0n) is 33.8. The number of nitrogens with zero attached hydrogens (tertiary/aromatic N) is 3. The first-order valence-electron chi connectivity index (χ1n) is 19.7. The number of methoxy groups -OCH3 is 1. The molecule has 0 bridgehead atoms. The molecule has 8 rings (SSSR count). The van der Waals surface area contributed by atoms with E-state index >= 15 is 0 Å². The van der Waals surface area contributed by atoms with Gasteiger partial charge in [0.05, 0.1) is 7.11 Å². The van der Waals surface area contributed by atoms with Gasteiger partial charge in [0.1, 0.15) is 35.0 Å². The number of halogens is 1. The predicted octanol–water partition coefficient (Wildman–Crippen LogP) is 7.60. The second kappa shape index (κ2) is 19.4. The number of nitrogen functional groups attached to an aromatic ring is 1. The lowest BCUT2D eigenvalue weighted by molar-refractivity contribution is -0.154. The van der Waals surface area contributed by atoms with E-state index in [0.29, 0.717) is 26.9 Å². The number of phenolic OH excluding ortho intramolecular Hbond substituents is 2. The van der Waals surface area contributed by atoms with Crippen LogP contribution in [0.3, 0.4) is 0 Å². The Morgan fingerprint density at radius 3 is 2.00 bits per heavy atom. The maximum absolute atomic E-state index is 14.2. The SMILES string of the molecule is COC(=O)c1c(O)c(O)c(-c2ccccc2)c(-c2ccccc2)c1CO/N=C(\C(=O)NC1C(=O)N2C(C(=O)OC(c3ccccc3)c3ccccc3)=C(CI)CS[C@@H]12)c1csc(N)n1. The molecule has 2 aliphatic heterocycles. The van der Waals surface area contributed by atoms with E-state index in [1.165, 1.54) is 22.0 Å². The van der Waals surface area contributed by atoms with Crippen molar-refractivity contribution in [2.45, 2.75) is 24.1 Å². The fourth-order valence-electron chi connectivity index (χ4n) is 7.54. The molecule has 14 nitrogen and oxygen atoms in total. The number of hydrogen-bond donors (Lipinski definition) is 4. The van der Waals surface area contributed by atoms with Gasteiger partial charge in [-0.1, -0.05) is 149 Å². The molecular weight excluding hydrogens is 970 g/mol. The third-order valence-corrected chi connectivity index (χ3v) is 13.5. The van der Waals surface area contributed by atoms with Gasteiger partial charge in [-0.15, -0.1) is 23.1 Å². The standard InChI is InChI=1S/C47H38IN5O9S2/c1-60-45(58)35-31(33(26-14-6-2-7-15-26)34(39(54)40(35)55)27-16-8-3-9-17-27)23-61-52-36(32-25-64-47(49)50-32)42(56)51-37-43(57)53-38(30(22-48)24-63-44(37)53)46(59)62-41(28-18-10-4-11-19-28)29-20-12-5-13-21-29/h2-21,25,37,41,44,54-55H,22-24H2,1H3,(H2,49,50)(H,51,56)/b52-36-/t37?,44-/m0/s1. The third kappa shape index (κ3) is 8.65. The molecule has 1 unspecified atom stereocenters. The Morgan fingerprint density at radius 1 is 0.875 bits per heavy atom. The number of thioether (sulfide) groups is 1. The molecule has 5 N–H and O–H groups in total. The fourth-order valence-corrected chi connectivity index (χ4v) is 10.4. The monoisotopic (exact) mass is 1010 g/mol. The Kier molecular flexibility index (Phi) is 13.3. The Morgan fingerprint density at radius 2 is 1.45 bits per heavy atom. The number of hydrogen-bond acceptors (Lipinski definition) is 14. The molecule has 2 amide bonds. The summed E-state index contributed by atoms with van der Waals surface area (Å²) in [4.78, 5) is 67.3. The van der Waals surface area contributed by atoms with Gasteiger partial charge >= 0.3 is 11.9 Å². The van der Waals surface area contributed by atoms with E-state index in [9.17, 15) is 29.4 Å². The van der Waals surface area contributed by atoms with Gasteiger partial charge < -0.3 is 35.6 Å². The second-order valence-electron chi connectivity index (χ2n) is 14.4. The number of β-lactam (4-membered cyclic amide) rings is 1. The molecule has 1 fully saturated rings. The molecule has 0 aliphatic carbocycles. The summed E-state index contributed by atoms with van der Waals surface area (Å²) in [6, 6.07) is 35.2. The number of alkyl halides is 1.